The molecule has 5 heteroatoms. The highest BCUT2D eigenvalue weighted by Crippen LogP contribution is 2.40. The van der Waals surface area contributed by atoms with Crippen molar-refractivity contribution in [2.75, 3.05) is 18.5 Å². The molecule has 2 unspecified atom stereocenters. The summed E-state index contributed by atoms with van der Waals surface area (Å²) in [5.41, 5.74) is 0.661. The van der Waals surface area contributed by atoms with Gasteiger partial charge in [-0.15, -0.1) is 0 Å². The fourth-order valence-electron chi connectivity index (χ4n) is 2.57. The molecule has 0 aromatic heterocycles. The van der Waals surface area contributed by atoms with Crippen molar-refractivity contribution in [3.8, 4) is 5.75 Å². The van der Waals surface area contributed by atoms with Gasteiger partial charge in [0, 0.05) is 6.54 Å². The average Bonchev–Trinajstić information content (AvgIpc) is 3.34. The highest BCUT2D eigenvalue weighted by atomic mass is 16.5. The molecule has 5 nitrogen and oxygen atoms in total. The van der Waals surface area contributed by atoms with Gasteiger partial charge in [0.2, 0.25) is 11.8 Å². The molecule has 1 aliphatic carbocycles. The summed E-state index contributed by atoms with van der Waals surface area (Å²) in [5.74, 6) is 0.140. The largest absolute Gasteiger partial charge is 0.492 e. The summed E-state index contributed by atoms with van der Waals surface area (Å²) in [5, 5.41) is 5.79. The number of ether oxygens (including phenoxy) is 1. The number of amides is 2. The first kappa shape index (κ1) is 17.3. The third-order valence-corrected chi connectivity index (χ3v) is 3.99. The Morgan fingerprint density at radius 1 is 1.13 bits per heavy atom. The van der Waals surface area contributed by atoms with Gasteiger partial charge in [-0.05, 0) is 31.9 Å². The zero-order valence-corrected chi connectivity index (χ0v) is 13.9. The minimum absolute atomic E-state index is 0.000605. The molecule has 0 heterocycles. The zero-order chi connectivity index (χ0) is 16.7. The van der Waals surface area contributed by atoms with E-state index in [-0.39, 0.29) is 23.7 Å². The lowest BCUT2D eigenvalue weighted by atomic mass is 10.2. The van der Waals surface area contributed by atoms with Crippen molar-refractivity contribution in [3.63, 3.8) is 0 Å². The minimum atomic E-state index is -0.226. The quantitative estimate of drug-likeness (QED) is 0.688. The molecule has 126 valence electrons. The van der Waals surface area contributed by atoms with E-state index < -0.39 is 0 Å². The SMILES string of the molecule is CCCCCNC(=O)C1CC1C(=O)Nc1ccccc1OCC. The van der Waals surface area contributed by atoms with Crippen LogP contribution in [0.15, 0.2) is 24.3 Å². The topological polar surface area (TPSA) is 67.4 Å². The fourth-order valence-corrected chi connectivity index (χ4v) is 2.57. The number of nitrogens with one attached hydrogen (secondary N) is 2. The smallest absolute Gasteiger partial charge is 0.228 e. The van der Waals surface area contributed by atoms with E-state index in [1.165, 1.54) is 0 Å². The molecule has 0 aliphatic heterocycles. The Bertz CT molecular complexity index is 545. The molecule has 2 N–H and O–H groups in total. The van der Waals surface area contributed by atoms with Gasteiger partial charge in [0.1, 0.15) is 5.75 Å². The molecule has 1 aromatic rings. The van der Waals surface area contributed by atoms with Crippen LogP contribution in [0.5, 0.6) is 5.75 Å². The highest BCUT2D eigenvalue weighted by molar-refractivity contribution is 6.00. The van der Waals surface area contributed by atoms with E-state index in [2.05, 4.69) is 17.6 Å². The van der Waals surface area contributed by atoms with Crippen molar-refractivity contribution in [2.24, 2.45) is 11.8 Å². The standard InChI is InChI=1S/C18H26N2O3/c1-3-5-8-11-19-17(21)13-12-14(13)18(22)20-15-9-6-7-10-16(15)23-4-2/h6-7,9-10,13-14H,3-5,8,11-12H2,1-2H3,(H,19,21)(H,20,22). The van der Waals surface area contributed by atoms with Gasteiger partial charge in [0.25, 0.3) is 0 Å². The second-order valence-corrected chi connectivity index (χ2v) is 5.87. The summed E-state index contributed by atoms with van der Waals surface area (Å²) in [6, 6.07) is 7.35. The average molecular weight is 318 g/mol. The van der Waals surface area contributed by atoms with Gasteiger partial charge in [-0.2, -0.15) is 0 Å². The third-order valence-electron chi connectivity index (χ3n) is 3.99. The Balaban J connectivity index is 1.81. The predicted molar refractivity (Wildman–Crippen MR) is 90.4 cm³/mol. The molecule has 2 amide bonds. The first-order valence-corrected chi connectivity index (χ1v) is 8.47. The normalized spacial score (nSPS) is 19.0. The van der Waals surface area contributed by atoms with Crippen LogP contribution in [0.25, 0.3) is 0 Å². The van der Waals surface area contributed by atoms with Crippen LogP contribution in [0.2, 0.25) is 0 Å². The Kier molecular flexibility index (Phi) is 6.44. The number of para-hydroxylation sites is 2. The molecular weight excluding hydrogens is 292 g/mol. The lowest BCUT2D eigenvalue weighted by molar-refractivity contribution is -0.125. The lowest BCUT2D eigenvalue weighted by Crippen LogP contribution is -2.28. The molecule has 0 bridgehead atoms. The van der Waals surface area contributed by atoms with E-state index in [9.17, 15) is 9.59 Å². The number of anilines is 1. The molecule has 1 aliphatic rings. The lowest BCUT2D eigenvalue weighted by Gasteiger charge is -2.11. The highest BCUT2D eigenvalue weighted by Gasteiger charge is 2.47. The Morgan fingerprint density at radius 3 is 2.61 bits per heavy atom. The Labute approximate surface area is 137 Å². The van der Waals surface area contributed by atoms with Crippen LogP contribution in [-0.4, -0.2) is 25.0 Å². The molecular formula is C18H26N2O3. The van der Waals surface area contributed by atoms with Gasteiger partial charge in [0.05, 0.1) is 24.1 Å². The number of carbonyl (C=O) groups excluding carboxylic acids is 2. The zero-order valence-electron chi connectivity index (χ0n) is 13.9. The van der Waals surface area contributed by atoms with Crippen molar-refractivity contribution >= 4 is 17.5 Å². The van der Waals surface area contributed by atoms with E-state index in [1.54, 1.807) is 0 Å². The van der Waals surface area contributed by atoms with E-state index in [0.717, 1.165) is 19.3 Å². The van der Waals surface area contributed by atoms with Crippen LogP contribution >= 0.6 is 0 Å². The minimum Gasteiger partial charge on any atom is -0.492 e. The number of hydrogen-bond donors (Lipinski definition) is 2. The monoisotopic (exact) mass is 318 g/mol. The second-order valence-electron chi connectivity index (χ2n) is 5.87. The predicted octanol–water partition coefficient (Wildman–Crippen LogP) is 2.97. The van der Waals surface area contributed by atoms with Crippen molar-refractivity contribution in [1.82, 2.24) is 5.32 Å². The summed E-state index contributed by atoms with van der Waals surface area (Å²) >= 11 is 0. The van der Waals surface area contributed by atoms with Crippen LogP contribution in [0, 0.1) is 11.8 Å². The van der Waals surface area contributed by atoms with Crippen molar-refractivity contribution in [2.45, 2.75) is 39.5 Å². The van der Waals surface area contributed by atoms with Gasteiger partial charge in [-0.1, -0.05) is 31.9 Å². The molecule has 2 atom stereocenters. The van der Waals surface area contributed by atoms with Crippen LogP contribution < -0.4 is 15.4 Å². The Morgan fingerprint density at radius 2 is 1.87 bits per heavy atom. The molecule has 0 radical (unpaired) electrons. The van der Waals surface area contributed by atoms with Crippen molar-refractivity contribution in [3.05, 3.63) is 24.3 Å². The number of benzene rings is 1. The van der Waals surface area contributed by atoms with Crippen LogP contribution in [0.1, 0.15) is 39.5 Å². The van der Waals surface area contributed by atoms with E-state index >= 15 is 0 Å². The van der Waals surface area contributed by atoms with E-state index in [1.807, 2.05) is 31.2 Å². The maximum absolute atomic E-state index is 12.3. The van der Waals surface area contributed by atoms with Crippen LogP contribution in [0.3, 0.4) is 0 Å². The summed E-state index contributed by atoms with van der Waals surface area (Å²) in [4.78, 5) is 24.3. The van der Waals surface area contributed by atoms with Gasteiger partial charge < -0.3 is 15.4 Å². The molecule has 1 aromatic carbocycles. The molecule has 1 saturated carbocycles. The van der Waals surface area contributed by atoms with Crippen LogP contribution in [0.4, 0.5) is 5.69 Å². The summed E-state index contributed by atoms with van der Waals surface area (Å²) in [6.07, 6.45) is 3.86. The number of hydrogen-bond acceptors (Lipinski definition) is 3. The first-order valence-electron chi connectivity index (χ1n) is 8.47. The van der Waals surface area contributed by atoms with Crippen molar-refractivity contribution in [1.29, 1.82) is 0 Å². The number of unbranched alkanes of at least 4 members (excludes halogenated alkanes) is 2. The first-order chi connectivity index (χ1) is 11.2. The molecule has 0 saturated heterocycles. The fraction of sp³-hybridized carbons (Fsp3) is 0.556. The van der Waals surface area contributed by atoms with Crippen molar-refractivity contribution < 1.29 is 14.3 Å². The molecule has 1 fully saturated rings. The van der Waals surface area contributed by atoms with Gasteiger partial charge >= 0.3 is 0 Å². The van der Waals surface area contributed by atoms with E-state index in [4.69, 9.17) is 4.74 Å². The van der Waals surface area contributed by atoms with Gasteiger partial charge in [-0.3, -0.25) is 9.59 Å². The molecule has 2 rings (SSSR count). The number of rotatable bonds is 9. The third kappa shape index (κ3) is 4.98. The molecule has 23 heavy (non-hydrogen) atoms. The van der Waals surface area contributed by atoms with E-state index in [0.29, 0.717) is 31.0 Å². The second kappa shape index (κ2) is 8.56. The molecule has 0 spiro atoms. The maximum Gasteiger partial charge on any atom is 0.228 e. The summed E-state index contributed by atoms with van der Waals surface area (Å²) in [6.45, 7) is 5.27. The van der Waals surface area contributed by atoms with Gasteiger partial charge in [-0.25, -0.2) is 0 Å². The maximum atomic E-state index is 12.3. The van der Waals surface area contributed by atoms with Gasteiger partial charge in [0.15, 0.2) is 0 Å². The van der Waals surface area contributed by atoms with Crippen LogP contribution in [-0.2, 0) is 9.59 Å². The summed E-state index contributed by atoms with van der Waals surface area (Å²) in [7, 11) is 0. The summed E-state index contributed by atoms with van der Waals surface area (Å²) < 4.78 is 5.49. The Hall–Kier alpha value is -2.04. The number of carbonyl (C=O) groups is 2.